The predicted octanol–water partition coefficient (Wildman–Crippen LogP) is 6.02. The maximum absolute atomic E-state index is 11.7. The number of anilines is 1. The SMILES string of the molecule is CC(=O)c1ccc2c(c1)[C@@H]1C=CC[C@H]1[C@@H](c1ccc(Cl)c(Cl)c1)N2. The number of hydrogen-bond donors (Lipinski definition) is 1. The number of hydrogen-bond acceptors (Lipinski definition) is 2. The zero-order chi connectivity index (χ0) is 16.8. The number of ketones is 1. The van der Waals surface area contributed by atoms with E-state index in [-0.39, 0.29) is 11.8 Å². The molecule has 0 radical (unpaired) electrons. The van der Waals surface area contributed by atoms with Crippen LogP contribution >= 0.6 is 23.2 Å². The van der Waals surface area contributed by atoms with Crippen LogP contribution < -0.4 is 5.32 Å². The lowest BCUT2D eigenvalue weighted by molar-refractivity contribution is 0.101. The number of fused-ring (bicyclic) bond motifs is 3. The molecule has 0 saturated carbocycles. The Bertz CT molecular complexity index is 859. The molecular weight excluding hydrogens is 341 g/mol. The van der Waals surface area contributed by atoms with Gasteiger partial charge >= 0.3 is 0 Å². The average Bonchev–Trinajstić information content (AvgIpc) is 3.06. The van der Waals surface area contributed by atoms with E-state index in [1.165, 1.54) is 5.56 Å². The Kier molecular flexibility index (Phi) is 3.90. The van der Waals surface area contributed by atoms with Gasteiger partial charge in [-0.1, -0.05) is 41.4 Å². The number of rotatable bonds is 2. The first-order valence-electron chi connectivity index (χ1n) is 8.07. The van der Waals surface area contributed by atoms with Crippen LogP contribution in [0.15, 0.2) is 48.6 Å². The highest BCUT2D eigenvalue weighted by Crippen LogP contribution is 2.50. The summed E-state index contributed by atoms with van der Waals surface area (Å²) < 4.78 is 0. The Labute approximate surface area is 151 Å². The van der Waals surface area contributed by atoms with E-state index in [4.69, 9.17) is 23.2 Å². The minimum Gasteiger partial charge on any atom is -0.378 e. The molecule has 2 aliphatic rings. The van der Waals surface area contributed by atoms with Gasteiger partial charge in [0.1, 0.15) is 0 Å². The van der Waals surface area contributed by atoms with Crippen molar-refractivity contribution in [1.82, 2.24) is 0 Å². The number of Topliss-reactive ketones (excluding diaryl/α,β-unsaturated/α-hetero) is 1. The zero-order valence-corrected chi connectivity index (χ0v) is 14.7. The molecule has 1 aliphatic heterocycles. The number of nitrogens with one attached hydrogen (secondary N) is 1. The summed E-state index contributed by atoms with van der Waals surface area (Å²) in [5.74, 6) is 0.833. The summed E-state index contributed by atoms with van der Waals surface area (Å²) in [4.78, 5) is 11.7. The molecule has 4 rings (SSSR count). The molecule has 3 atom stereocenters. The lowest BCUT2D eigenvalue weighted by atomic mass is 9.76. The Hall–Kier alpha value is -1.77. The highest BCUT2D eigenvalue weighted by molar-refractivity contribution is 6.42. The van der Waals surface area contributed by atoms with Crippen molar-refractivity contribution in [1.29, 1.82) is 0 Å². The molecule has 1 aliphatic carbocycles. The molecule has 122 valence electrons. The maximum Gasteiger partial charge on any atom is 0.159 e. The molecule has 0 fully saturated rings. The molecule has 0 saturated heterocycles. The van der Waals surface area contributed by atoms with Crippen LogP contribution in [0.3, 0.4) is 0 Å². The van der Waals surface area contributed by atoms with Gasteiger partial charge in [0.05, 0.1) is 16.1 Å². The summed E-state index contributed by atoms with van der Waals surface area (Å²) in [6.45, 7) is 1.61. The highest BCUT2D eigenvalue weighted by Gasteiger charge is 2.38. The third-order valence-corrected chi connectivity index (χ3v) is 5.81. The van der Waals surface area contributed by atoms with Gasteiger partial charge in [-0.05, 0) is 60.7 Å². The molecule has 2 aromatic rings. The summed E-state index contributed by atoms with van der Waals surface area (Å²) >= 11 is 12.3. The molecule has 0 amide bonds. The van der Waals surface area contributed by atoms with Crippen LogP contribution in [0.4, 0.5) is 5.69 Å². The Morgan fingerprint density at radius 1 is 1.12 bits per heavy atom. The number of carbonyl (C=O) groups is 1. The van der Waals surface area contributed by atoms with Gasteiger partial charge in [0, 0.05) is 17.2 Å². The number of allylic oxidation sites excluding steroid dienone is 2. The third-order valence-electron chi connectivity index (χ3n) is 5.07. The Balaban J connectivity index is 1.78. The van der Waals surface area contributed by atoms with Crippen molar-refractivity contribution in [3.05, 3.63) is 75.3 Å². The van der Waals surface area contributed by atoms with Crippen LogP contribution in [-0.2, 0) is 0 Å². The minimum absolute atomic E-state index is 0.0999. The van der Waals surface area contributed by atoms with Crippen LogP contribution in [0.1, 0.15) is 46.8 Å². The van der Waals surface area contributed by atoms with Crippen LogP contribution in [0.25, 0.3) is 0 Å². The number of benzene rings is 2. The fourth-order valence-corrected chi connectivity index (χ4v) is 4.16. The molecule has 0 spiro atoms. The maximum atomic E-state index is 11.7. The van der Waals surface area contributed by atoms with Gasteiger partial charge in [-0.3, -0.25) is 4.79 Å². The van der Waals surface area contributed by atoms with E-state index < -0.39 is 0 Å². The van der Waals surface area contributed by atoms with E-state index in [0.717, 1.165) is 23.2 Å². The van der Waals surface area contributed by atoms with Crippen molar-refractivity contribution in [3.8, 4) is 0 Å². The number of halogens is 2. The summed E-state index contributed by atoms with van der Waals surface area (Å²) in [5.41, 5.74) is 4.20. The van der Waals surface area contributed by atoms with E-state index >= 15 is 0 Å². The monoisotopic (exact) mass is 357 g/mol. The third kappa shape index (κ3) is 2.54. The van der Waals surface area contributed by atoms with Gasteiger partial charge in [-0.2, -0.15) is 0 Å². The molecule has 1 N–H and O–H groups in total. The average molecular weight is 358 g/mol. The molecule has 2 aromatic carbocycles. The second-order valence-corrected chi connectivity index (χ2v) is 7.32. The first-order chi connectivity index (χ1) is 11.5. The van der Waals surface area contributed by atoms with Gasteiger partial charge in [0.25, 0.3) is 0 Å². The Morgan fingerprint density at radius 3 is 2.71 bits per heavy atom. The van der Waals surface area contributed by atoms with Crippen molar-refractivity contribution in [3.63, 3.8) is 0 Å². The first-order valence-corrected chi connectivity index (χ1v) is 8.83. The van der Waals surface area contributed by atoms with Crippen molar-refractivity contribution >= 4 is 34.7 Å². The molecule has 4 heteroatoms. The second kappa shape index (κ2) is 5.94. The zero-order valence-electron chi connectivity index (χ0n) is 13.2. The van der Waals surface area contributed by atoms with Crippen LogP contribution in [0, 0.1) is 5.92 Å². The molecule has 2 nitrogen and oxygen atoms in total. The molecular formula is C20H17Cl2NO. The van der Waals surface area contributed by atoms with Crippen molar-refractivity contribution < 1.29 is 4.79 Å². The largest absolute Gasteiger partial charge is 0.378 e. The minimum atomic E-state index is 0.0999. The summed E-state index contributed by atoms with van der Waals surface area (Å²) in [5, 5.41) is 4.80. The van der Waals surface area contributed by atoms with Gasteiger partial charge in [0.15, 0.2) is 5.78 Å². The van der Waals surface area contributed by atoms with Gasteiger partial charge < -0.3 is 5.32 Å². The fraction of sp³-hybridized carbons (Fsp3) is 0.250. The van der Waals surface area contributed by atoms with Crippen LogP contribution in [-0.4, -0.2) is 5.78 Å². The molecule has 24 heavy (non-hydrogen) atoms. The van der Waals surface area contributed by atoms with Crippen molar-refractivity contribution in [2.45, 2.75) is 25.3 Å². The van der Waals surface area contributed by atoms with Crippen molar-refractivity contribution in [2.24, 2.45) is 5.92 Å². The lowest BCUT2D eigenvalue weighted by Crippen LogP contribution is -2.29. The smallest absolute Gasteiger partial charge is 0.159 e. The Morgan fingerprint density at radius 2 is 1.96 bits per heavy atom. The highest BCUT2D eigenvalue weighted by atomic mass is 35.5. The predicted molar refractivity (Wildman–Crippen MR) is 99.3 cm³/mol. The van der Waals surface area contributed by atoms with Crippen LogP contribution in [0.2, 0.25) is 10.0 Å². The molecule has 1 heterocycles. The van der Waals surface area contributed by atoms with Crippen molar-refractivity contribution in [2.75, 3.05) is 5.32 Å². The normalized spacial score (nSPS) is 24.2. The lowest BCUT2D eigenvalue weighted by Gasteiger charge is -2.37. The van der Waals surface area contributed by atoms with E-state index in [1.807, 2.05) is 36.4 Å². The van der Waals surface area contributed by atoms with Gasteiger partial charge in [-0.15, -0.1) is 0 Å². The van der Waals surface area contributed by atoms with E-state index in [0.29, 0.717) is 21.9 Å². The molecule has 0 unspecified atom stereocenters. The van der Waals surface area contributed by atoms with E-state index in [1.54, 1.807) is 6.92 Å². The van der Waals surface area contributed by atoms with Crippen LogP contribution in [0.5, 0.6) is 0 Å². The quantitative estimate of drug-likeness (QED) is 0.525. The summed E-state index contributed by atoms with van der Waals surface area (Å²) in [6, 6.07) is 11.9. The first kappa shape index (κ1) is 15.7. The molecule has 0 bridgehead atoms. The summed E-state index contributed by atoms with van der Waals surface area (Å²) in [7, 11) is 0. The molecule has 0 aromatic heterocycles. The fourth-order valence-electron chi connectivity index (χ4n) is 3.85. The van der Waals surface area contributed by atoms with E-state index in [2.05, 4.69) is 17.5 Å². The topological polar surface area (TPSA) is 29.1 Å². The number of carbonyl (C=O) groups excluding carboxylic acids is 1. The second-order valence-electron chi connectivity index (χ2n) is 6.51. The van der Waals surface area contributed by atoms with E-state index in [9.17, 15) is 4.79 Å². The van der Waals surface area contributed by atoms with Gasteiger partial charge in [-0.25, -0.2) is 0 Å². The van der Waals surface area contributed by atoms with Gasteiger partial charge in [0.2, 0.25) is 0 Å². The standard InChI is InChI=1S/C20H17Cl2NO/c1-11(24)12-6-8-19-16(9-12)14-3-2-4-15(14)20(23-19)13-5-7-17(21)18(22)10-13/h2-3,5-10,14-15,20,23H,4H2,1H3/t14-,15-,20-/m1/s1. The summed E-state index contributed by atoms with van der Waals surface area (Å²) in [6.07, 6.45) is 5.50.